The number of rotatable bonds is 2. The van der Waals surface area contributed by atoms with Crippen molar-refractivity contribution >= 4 is 11.3 Å². The van der Waals surface area contributed by atoms with Crippen molar-refractivity contribution in [1.82, 2.24) is 9.78 Å². The molecule has 2 heterocycles. The van der Waals surface area contributed by atoms with Crippen LogP contribution in [0.1, 0.15) is 0 Å². The largest absolute Gasteiger partial charge is 0.240 e. The van der Waals surface area contributed by atoms with Crippen LogP contribution in [0.15, 0.2) is 54.2 Å². The highest BCUT2D eigenvalue weighted by atomic mass is 32.1. The van der Waals surface area contributed by atoms with Gasteiger partial charge >= 0.3 is 0 Å². The first-order chi connectivity index (χ1) is 8.33. The fourth-order valence-corrected chi connectivity index (χ4v) is 2.33. The van der Waals surface area contributed by atoms with Gasteiger partial charge in [0.15, 0.2) is 0 Å². The lowest BCUT2D eigenvalue weighted by Crippen LogP contribution is -1.93. The number of thiophene rings is 1. The maximum absolute atomic E-state index is 12.8. The molecule has 0 aliphatic heterocycles. The molecule has 1 aromatic carbocycles. The number of hydrogen-bond acceptors (Lipinski definition) is 2. The molecule has 2 nitrogen and oxygen atoms in total. The van der Waals surface area contributed by atoms with Crippen molar-refractivity contribution in [3.05, 3.63) is 60.0 Å². The fourth-order valence-electron chi connectivity index (χ4n) is 1.63. The van der Waals surface area contributed by atoms with Crippen LogP contribution in [0.5, 0.6) is 0 Å². The average Bonchev–Trinajstić information content (AvgIpc) is 3.00. The van der Waals surface area contributed by atoms with Gasteiger partial charge in [0.05, 0.1) is 11.9 Å². The van der Waals surface area contributed by atoms with E-state index in [1.165, 1.54) is 17.0 Å². The number of benzene rings is 1. The van der Waals surface area contributed by atoms with E-state index in [2.05, 4.69) is 11.2 Å². The number of nitrogens with zero attached hydrogens (tertiary/aromatic N) is 2. The van der Waals surface area contributed by atoms with E-state index in [1.807, 2.05) is 23.8 Å². The third-order valence-corrected chi connectivity index (χ3v) is 3.40. The first kappa shape index (κ1) is 10.2. The number of hydrogen-bond donors (Lipinski definition) is 0. The van der Waals surface area contributed by atoms with Gasteiger partial charge in [-0.3, -0.25) is 0 Å². The molecular formula is C13H9FN2S. The summed E-state index contributed by atoms with van der Waals surface area (Å²) in [5.74, 6) is -0.237. The van der Waals surface area contributed by atoms with E-state index in [9.17, 15) is 4.39 Å². The Morgan fingerprint density at radius 3 is 2.65 bits per heavy atom. The maximum Gasteiger partial charge on any atom is 0.123 e. The molecule has 0 aliphatic carbocycles. The minimum atomic E-state index is -0.237. The Labute approximate surface area is 102 Å². The first-order valence-corrected chi connectivity index (χ1v) is 6.05. The minimum absolute atomic E-state index is 0.237. The van der Waals surface area contributed by atoms with E-state index in [0.717, 1.165) is 11.3 Å². The summed E-state index contributed by atoms with van der Waals surface area (Å²) in [6.07, 6.45) is 3.76. The van der Waals surface area contributed by atoms with Gasteiger partial charge in [-0.15, -0.1) is 11.3 Å². The summed E-state index contributed by atoms with van der Waals surface area (Å²) in [7, 11) is 0. The van der Waals surface area contributed by atoms with Crippen LogP contribution in [0.25, 0.3) is 16.1 Å². The Hall–Kier alpha value is -1.94. The highest BCUT2D eigenvalue weighted by molar-refractivity contribution is 7.13. The minimum Gasteiger partial charge on any atom is -0.240 e. The molecule has 0 atom stereocenters. The van der Waals surface area contributed by atoms with Crippen LogP contribution < -0.4 is 0 Å². The van der Waals surface area contributed by atoms with Crippen molar-refractivity contribution in [2.45, 2.75) is 0 Å². The SMILES string of the molecule is Fc1ccc(-n2cc(-c3cccs3)cn2)cc1. The molecule has 0 fully saturated rings. The lowest BCUT2D eigenvalue weighted by atomic mass is 10.3. The lowest BCUT2D eigenvalue weighted by molar-refractivity contribution is 0.627. The Kier molecular flexibility index (Phi) is 2.49. The lowest BCUT2D eigenvalue weighted by Gasteiger charge is -1.99. The predicted octanol–water partition coefficient (Wildman–Crippen LogP) is 3.74. The molecule has 0 unspecified atom stereocenters. The van der Waals surface area contributed by atoms with Gasteiger partial charge < -0.3 is 0 Å². The molecule has 4 heteroatoms. The van der Waals surface area contributed by atoms with Gasteiger partial charge in [0.25, 0.3) is 0 Å². The summed E-state index contributed by atoms with van der Waals surface area (Å²) in [5.41, 5.74) is 1.93. The molecule has 0 N–H and O–H groups in total. The van der Waals surface area contributed by atoms with Crippen molar-refractivity contribution in [3.63, 3.8) is 0 Å². The Balaban J connectivity index is 1.98. The molecule has 0 aliphatic rings. The highest BCUT2D eigenvalue weighted by Gasteiger charge is 2.03. The smallest absolute Gasteiger partial charge is 0.123 e. The zero-order valence-electron chi connectivity index (χ0n) is 8.88. The zero-order valence-corrected chi connectivity index (χ0v) is 9.69. The van der Waals surface area contributed by atoms with Crippen molar-refractivity contribution in [2.75, 3.05) is 0 Å². The van der Waals surface area contributed by atoms with Crippen LogP contribution in [0, 0.1) is 5.82 Å². The summed E-state index contributed by atoms with van der Waals surface area (Å²) in [4.78, 5) is 1.18. The molecule has 3 rings (SSSR count). The molecular weight excluding hydrogens is 235 g/mol. The van der Waals surface area contributed by atoms with Gasteiger partial charge in [-0.2, -0.15) is 5.10 Å². The standard InChI is InChI=1S/C13H9FN2S/c14-11-3-5-12(6-4-11)16-9-10(8-15-16)13-2-1-7-17-13/h1-9H. The summed E-state index contributed by atoms with van der Waals surface area (Å²) in [6, 6.07) is 10.3. The van der Waals surface area contributed by atoms with Crippen LogP contribution in [-0.4, -0.2) is 9.78 Å². The quantitative estimate of drug-likeness (QED) is 0.671. The summed E-state index contributed by atoms with van der Waals surface area (Å²) in [5, 5.41) is 6.31. The predicted molar refractivity (Wildman–Crippen MR) is 66.8 cm³/mol. The van der Waals surface area contributed by atoms with Gasteiger partial charge in [-0.25, -0.2) is 9.07 Å². The van der Waals surface area contributed by atoms with Crippen LogP contribution in [0.2, 0.25) is 0 Å². The molecule has 0 amide bonds. The summed E-state index contributed by atoms with van der Waals surface area (Å²) in [6.45, 7) is 0. The molecule has 0 saturated carbocycles. The van der Waals surface area contributed by atoms with Gasteiger partial charge in [-0.05, 0) is 35.7 Å². The molecule has 3 aromatic rings. The van der Waals surface area contributed by atoms with E-state index in [4.69, 9.17) is 0 Å². The zero-order chi connectivity index (χ0) is 11.7. The Morgan fingerprint density at radius 1 is 1.12 bits per heavy atom. The first-order valence-electron chi connectivity index (χ1n) is 5.17. The van der Waals surface area contributed by atoms with E-state index in [0.29, 0.717) is 0 Å². The summed E-state index contributed by atoms with van der Waals surface area (Å²) < 4.78 is 14.5. The van der Waals surface area contributed by atoms with Crippen molar-refractivity contribution in [3.8, 4) is 16.1 Å². The Morgan fingerprint density at radius 2 is 1.94 bits per heavy atom. The molecule has 2 aromatic heterocycles. The van der Waals surface area contributed by atoms with Crippen molar-refractivity contribution in [1.29, 1.82) is 0 Å². The second-order valence-electron chi connectivity index (χ2n) is 3.63. The van der Waals surface area contributed by atoms with Gasteiger partial charge in [-0.1, -0.05) is 6.07 Å². The number of aromatic nitrogens is 2. The van der Waals surface area contributed by atoms with E-state index in [-0.39, 0.29) is 5.82 Å². The molecule has 0 spiro atoms. The van der Waals surface area contributed by atoms with E-state index < -0.39 is 0 Å². The van der Waals surface area contributed by atoms with E-state index in [1.54, 1.807) is 28.2 Å². The maximum atomic E-state index is 12.8. The van der Waals surface area contributed by atoms with Crippen LogP contribution in [0.4, 0.5) is 4.39 Å². The Bertz CT molecular complexity index is 611. The topological polar surface area (TPSA) is 17.8 Å². The van der Waals surface area contributed by atoms with Crippen LogP contribution >= 0.6 is 11.3 Å². The van der Waals surface area contributed by atoms with Crippen molar-refractivity contribution in [2.24, 2.45) is 0 Å². The van der Waals surface area contributed by atoms with Crippen molar-refractivity contribution < 1.29 is 4.39 Å². The third kappa shape index (κ3) is 1.99. The molecule has 0 saturated heterocycles. The molecule has 17 heavy (non-hydrogen) atoms. The van der Waals surface area contributed by atoms with E-state index >= 15 is 0 Å². The second-order valence-corrected chi connectivity index (χ2v) is 4.57. The normalized spacial score (nSPS) is 10.6. The highest BCUT2D eigenvalue weighted by Crippen LogP contribution is 2.24. The average molecular weight is 244 g/mol. The molecule has 0 bridgehead atoms. The number of halogens is 1. The monoisotopic (exact) mass is 244 g/mol. The fraction of sp³-hybridized carbons (Fsp3) is 0. The molecule has 84 valence electrons. The van der Waals surface area contributed by atoms with Crippen LogP contribution in [-0.2, 0) is 0 Å². The van der Waals surface area contributed by atoms with Gasteiger partial charge in [0.2, 0.25) is 0 Å². The van der Waals surface area contributed by atoms with Crippen LogP contribution in [0.3, 0.4) is 0 Å². The van der Waals surface area contributed by atoms with Gasteiger partial charge in [0.1, 0.15) is 5.82 Å². The van der Waals surface area contributed by atoms with Gasteiger partial charge in [0, 0.05) is 16.6 Å². The third-order valence-electron chi connectivity index (χ3n) is 2.48. The second kappa shape index (κ2) is 4.14. The molecule has 0 radical (unpaired) electrons. The summed E-state index contributed by atoms with van der Waals surface area (Å²) >= 11 is 1.67.